The quantitative estimate of drug-likeness (QED) is 0.754. The van der Waals surface area contributed by atoms with E-state index in [0.29, 0.717) is 6.04 Å². The van der Waals surface area contributed by atoms with Gasteiger partial charge in [0, 0.05) is 11.1 Å². The van der Waals surface area contributed by atoms with Gasteiger partial charge in [0.05, 0.1) is 6.04 Å². The summed E-state index contributed by atoms with van der Waals surface area (Å²) in [6, 6.07) is 8.30. The van der Waals surface area contributed by atoms with E-state index in [1.54, 1.807) is 0 Å². The molecule has 2 fully saturated rings. The Morgan fingerprint density at radius 3 is 2.68 bits per heavy atom. The van der Waals surface area contributed by atoms with Gasteiger partial charge in [-0.1, -0.05) is 24.5 Å². The van der Waals surface area contributed by atoms with Gasteiger partial charge in [-0.3, -0.25) is 9.69 Å². The van der Waals surface area contributed by atoms with E-state index in [1.807, 2.05) is 22.9 Å². The second kappa shape index (κ2) is 7.13. The molecule has 5 rings (SSSR count). The third-order valence-electron chi connectivity index (χ3n) is 6.26. The number of nitrogens with one attached hydrogen (secondary N) is 1. The molecule has 0 bridgehead atoms. The van der Waals surface area contributed by atoms with Gasteiger partial charge in [0.1, 0.15) is 6.04 Å². The number of aromatic amines is 1. The Morgan fingerprint density at radius 2 is 1.89 bits per heavy atom. The first-order valence-corrected chi connectivity index (χ1v) is 10.4. The Labute approximate surface area is 163 Å². The minimum Gasteiger partial charge on any atom is -0.322 e. The largest absolute Gasteiger partial charge is 0.322 e. The van der Waals surface area contributed by atoms with Crippen molar-refractivity contribution in [2.75, 3.05) is 13.1 Å². The molecule has 28 heavy (non-hydrogen) atoms. The lowest BCUT2D eigenvalue weighted by Crippen LogP contribution is -2.33. The minimum atomic E-state index is -0.202. The van der Waals surface area contributed by atoms with Crippen LogP contribution in [0.2, 0.25) is 0 Å². The van der Waals surface area contributed by atoms with Crippen LogP contribution in [-0.2, 0) is 0 Å². The molecule has 0 spiro atoms. The fraction of sp³-hybridized carbons (Fsp3) is 0.524. The lowest BCUT2D eigenvalue weighted by atomic mass is 10.0. The van der Waals surface area contributed by atoms with Crippen LogP contribution in [-0.4, -0.2) is 43.2 Å². The second-order valence-corrected chi connectivity index (χ2v) is 8.21. The van der Waals surface area contributed by atoms with Crippen molar-refractivity contribution in [2.45, 2.75) is 57.5 Å². The first kappa shape index (κ1) is 17.6. The average Bonchev–Trinajstić information content (AvgIpc) is 3.45. The lowest BCUT2D eigenvalue weighted by Gasteiger charge is -2.27. The molecule has 1 N–H and O–H groups in total. The number of fused-ring (bicyclic) bond motifs is 1. The van der Waals surface area contributed by atoms with Crippen molar-refractivity contribution >= 4 is 10.9 Å². The van der Waals surface area contributed by atoms with E-state index in [9.17, 15) is 4.79 Å². The maximum absolute atomic E-state index is 13.1. The molecular formula is C21H26N6O. The summed E-state index contributed by atoms with van der Waals surface area (Å²) in [7, 11) is 0. The van der Waals surface area contributed by atoms with Crippen LogP contribution in [0.4, 0.5) is 0 Å². The van der Waals surface area contributed by atoms with Crippen molar-refractivity contribution in [1.82, 2.24) is 30.1 Å². The van der Waals surface area contributed by atoms with E-state index in [1.165, 1.54) is 18.4 Å². The van der Waals surface area contributed by atoms with Crippen molar-refractivity contribution in [3.05, 3.63) is 51.6 Å². The van der Waals surface area contributed by atoms with Gasteiger partial charge in [-0.15, -0.1) is 5.10 Å². The monoisotopic (exact) mass is 378 g/mol. The topological polar surface area (TPSA) is 79.7 Å². The molecule has 0 radical (unpaired) electrons. The second-order valence-electron chi connectivity index (χ2n) is 8.21. The highest BCUT2D eigenvalue weighted by Gasteiger charge is 2.34. The molecule has 1 aromatic carbocycles. The number of tetrazole rings is 1. The van der Waals surface area contributed by atoms with E-state index in [2.05, 4.69) is 38.4 Å². The predicted octanol–water partition coefficient (Wildman–Crippen LogP) is 3.12. The third-order valence-corrected chi connectivity index (χ3v) is 6.26. The number of rotatable bonds is 4. The molecule has 1 saturated carbocycles. The van der Waals surface area contributed by atoms with Crippen LogP contribution in [0.15, 0.2) is 29.1 Å². The summed E-state index contributed by atoms with van der Waals surface area (Å²) >= 11 is 0. The van der Waals surface area contributed by atoms with Crippen LogP contribution in [0.25, 0.3) is 10.9 Å². The number of aryl methyl sites for hydroxylation is 1. The van der Waals surface area contributed by atoms with Crippen LogP contribution in [0.3, 0.4) is 0 Å². The standard InChI is InChI=1S/C21H26N6O/c1-14-8-9-18-15(12-14)13-17(21(28)22-18)19(26-10-4-5-11-26)20-23-24-25-27(20)16-6-2-3-7-16/h8-9,12-13,16,19H,2-7,10-11H2,1H3,(H,22,28)/t19-/m1/s1. The smallest absolute Gasteiger partial charge is 0.253 e. The van der Waals surface area contributed by atoms with Gasteiger partial charge < -0.3 is 4.98 Å². The first-order chi connectivity index (χ1) is 13.7. The number of hydrogen-bond donors (Lipinski definition) is 1. The van der Waals surface area contributed by atoms with Gasteiger partial charge in [-0.25, -0.2) is 4.68 Å². The maximum Gasteiger partial charge on any atom is 0.253 e. The third kappa shape index (κ3) is 3.03. The van der Waals surface area contributed by atoms with Crippen molar-refractivity contribution in [3.8, 4) is 0 Å². The number of aromatic nitrogens is 5. The Balaban J connectivity index is 1.66. The fourth-order valence-electron chi connectivity index (χ4n) is 4.83. The number of pyridine rings is 1. The first-order valence-electron chi connectivity index (χ1n) is 10.4. The number of likely N-dealkylation sites (tertiary alicyclic amines) is 1. The Kier molecular flexibility index (Phi) is 4.47. The normalized spacial score (nSPS) is 19.6. The molecule has 1 saturated heterocycles. The molecule has 2 aliphatic rings. The van der Waals surface area contributed by atoms with Crippen LogP contribution in [0, 0.1) is 6.92 Å². The van der Waals surface area contributed by atoms with E-state index in [4.69, 9.17) is 0 Å². The van der Waals surface area contributed by atoms with Crippen molar-refractivity contribution in [2.24, 2.45) is 0 Å². The van der Waals surface area contributed by atoms with Gasteiger partial charge in [0.2, 0.25) is 0 Å². The van der Waals surface area contributed by atoms with Crippen molar-refractivity contribution < 1.29 is 0 Å². The SMILES string of the molecule is Cc1ccc2[nH]c(=O)c([C@H](c3nnnn3C3CCCC3)N3CCCC3)cc2c1. The summed E-state index contributed by atoms with van der Waals surface area (Å²) in [4.78, 5) is 18.5. The molecule has 0 unspecified atom stereocenters. The van der Waals surface area contributed by atoms with Crippen LogP contribution >= 0.6 is 0 Å². The Bertz CT molecular complexity index is 1040. The highest BCUT2D eigenvalue weighted by molar-refractivity contribution is 5.79. The number of hydrogen-bond acceptors (Lipinski definition) is 5. The summed E-state index contributed by atoms with van der Waals surface area (Å²) in [5.74, 6) is 0.811. The summed E-state index contributed by atoms with van der Waals surface area (Å²) < 4.78 is 2.00. The van der Waals surface area contributed by atoms with Crippen molar-refractivity contribution in [1.29, 1.82) is 0 Å². The lowest BCUT2D eigenvalue weighted by molar-refractivity contribution is 0.256. The van der Waals surface area contributed by atoms with Crippen molar-refractivity contribution in [3.63, 3.8) is 0 Å². The summed E-state index contributed by atoms with van der Waals surface area (Å²) in [6.45, 7) is 4.00. The molecule has 1 aliphatic carbocycles. The Morgan fingerprint density at radius 1 is 1.11 bits per heavy atom. The summed E-state index contributed by atoms with van der Waals surface area (Å²) in [6.07, 6.45) is 6.94. The van der Waals surface area contributed by atoms with Gasteiger partial charge in [-0.2, -0.15) is 0 Å². The molecule has 2 aromatic heterocycles. The van der Waals surface area contributed by atoms with Crippen LogP contribution in [0.5, 0.6) is 0 Å². The Hall–Kier alpha value is -2.54. The van der Waals surface area contributed by atoms with Crippen LogP contribution < -0.4 is 5.56 Å². The van der Waals surface area contributed by atoms with Gasteiger partial charge >= 0.3 is 0 Å². The zero-order valence-corrected chi connectivity index (χ0v) is 16.3. The molecule has 7 heteroatoms. The zero-order chi connectivity index (χ0) is 19.1. The number of benzene rings is 1. The number of H-pyrrole nitrogens is 1. The van der Waals surface area contributed by atoms with E-state index >= 15 is 0 Å². The predicted molar refractivity (Wildman–Crippen MR) is 107 cm³/mol. The average molecular weight is 378 g/mol. The highest BCUT2D eigenvalue weighted by atomic mass is 16.1. The summed E-state index contributed by atoms with van der Waals surface area (Å²) in [5.41, 5.74) is 2.75. The zero-order valence-electron chi connectivity index (χ0n) is 16.3. The van der Waals surface area contributed by atoms with E-state index in [-0.39, 0.29) is 11.6 Å². The maximum atomic E-state index is 13.1. The number of nitrogens with zero attached hydrogens (tertiary/aromatic N) is 5. The molecule has 1 atom stereocenters. The fourth-order valence-corrected chi connectivity index (χ4v) is 4.83. The van der Waals surface area contributed by atoms with E-state index in [0.717, 1.165) is 61.1 Å². The highest BCUT2D eigenvalue weighted by Crippen LogP contribution is 2.34. The van der Waals surface area contributed by atoms with Gasteiger partial charge in [0.25, 0.3) is 5.56 Å². The minimum absolute atomic E-state index is 0.0470. The summed E-state index contributed by atoms with van der Waals surface area (Å²) in [5, 5.41) is 13.8. The van der Waals surface area contributed by atoms with E-state index < -0.39 is 0 Å². The molecule has 3 heterocycles. The molecule has 146 valence electrons. The molecule has 0 amide bonds. The van der Waals surface area contributed by atoms with Crippen LogP contribution in [0.1, 0.15) is 67.6 Å². The van der Waals surface area contributed by atoms with Gasteiger partial charge in [-0.05, 0) is 79.7 Å². The molecule has 7 nitrogen and oxygen atoms in total. The molecule has 3 aromatic rings. The molecular weight excluding hydrogens is 352 g/mol. The van der Waals surface area contributed by atoms with Gasteiger partial charge in [0.15, 0.2) is 5.82 Å². The molecule has 1 aliphatic heterocycles.